The van der Waals surface area contributed by atoms with Crippen LogP contribution in [0.25, 0.3) is 0 Å². The number of esters is 1. The van der Waals surface area contributed by atoms with Gasteiger partial charge in [0.25, 0.3) is 0 Å². The van der Waals surface area contributed by atoms with Gasteiger partial charge in [0.15, 0.2) is 0 Å². The van der Waals surface area contributed by atoms with Crippen molar-refractivity contribution in [2.45, 2.75) is 20.0 Å². The number of ether oxygens (including phenoxy) is 2. The van der Waals surface area contributed by atoms with E-state index < -0.39 is 0 Å². The molecule has 0 spiro atoms. The molecule has 80 valence electrons. The molecule has 14 heavy (non-hydrogen) atoms. The molecule has 0 aliphatic carbocycles. The zero-order valence-corrected chi connectivity index (χ0v) is 8.41. The molecule has 1 amide bonds. The second kappa shape index (κ2) is 6.15. The molecule has 1 saturated heterocycles. The first-order valence-corrected chi connectivity index (χ1v) is 4.13. The highest BCUT2D eigenvalue weighted by Gasteiger charge is 2.24. The molecule has 5 heteroatoms. The van der Waals surface area contributed by atoms with Crippen molar-refractivity contribution in [1.29, 1.82) is 0 Å². The van der Waals surface area contributed by atoms with Crippen molar-refractivity contribution in [3.8, 4) is 0 Å². The van der Waals surface area contributed by atoms with E-state index in [0.29, 0.717) is 18.8 Å². The largest absolute Gasteiger partial charge is 0.459 e. The van der Waals surface area contributed by atoms with Crippen LogP contribution in [0.5, 0.6) is 0 Å². The van der Waals surface area contributed by atoms with E-state index in [1.54, 1.807) is 6.92 Å². The van der Waals surface area contributed by atoms with Crippen molar-refractivity contribution in [1.82, 2.24) is 0 Å². The molecule has 0 bridgehead atoms. The van der Waals surface area contributed by atoms with E-state index in [-0.39, 0.29) is 18.0 Å². The van der Waals surface area contributed by atoms with Crippen LogP contribution in [0.15, 0.2) is 12.2 Å². The lowest BCUT2D eigenvalue weighted by Gasteiger charge is -1.99. The van der Waals surface area contributed by atoms with Crippen molar-refractivity contribution < 1.29 is 19.1 Å². The molecule has 2 N–H and O–H groups in total. The van der Waals surface area contributed by atoms with Crippen LogP contribution in [0.3, 0.4) is 0 Å². The van der Waals surface area contributed by atoms with Crippen LogP contribution >= 0.6 is 0 Å². The Bertz CT molecular complexity index is 229. The van der Waals surface area contributed by atoms with Gasteiger partial charge in [-0.3, -0.25) is 4.79 Å². The Morgan fingerprint density at radius 1 is 1.57 bits per heavy atom. The van der Waals surface area contributed by atoms with Gasteiger partial charge < -0.3 is 15.2 Å². The predicted molar refractivity (Wildman–Crippen MR) is 50.4 cm³/mol. The number of hydrogen-bond donors (Lipinski definition) is 1. The molecule has 0 aromatic rings. The standard InChI is InChI=1S/C7H10O3.C2H5NO/c1-5(2)7(8)10-4-6-3-9-6;1-2(3)4/h6H,1,3-4H2,2H3;1H3,(H2,3,4). The summed E-state index contributed by atoms with van der Waals surface area (Å²) in [7, 11) is 0. The van der Waals surface area contributed by atoms with Gasteiger partial charge >= 0.3 is 5.97 Å². The fraction of sp³-hybridized carbons (Fsp3) is 0.556. The summed E-state index contributed by atoms with van der Waals surface area (Å²) in [5.74, 6) is -0.671. The Morgan fingerprint density at radius 3 is 2.29 bits per heavy atom. The topological polar surface area (TPSA) is 81.9 Å². The fourth-order valence-electron chi connectivity index (χ4n) is 0.456. The Morgan fingerprint density at radius 2 is 2.00 bits per heavy atom. The predicted octanol–water partition coefficient (Wildman–Crippen LogP) is -0.00390. The second-order valence-corrected chi connectivity index (χ2v) is 2.94. The van der Waals surface area contributed by atoms with E-state index in [9.17, 15) is 9.59 Å². The summed E-state index contributed by atoms with van der Waals surface area (Å²) in [6, 6.07) is 0. The fourth-order valence-corrected chi connectivity index (χ4v) is 0.456. The normalized spacial score (nSPS) is 17.4. The number of epoxide rings is 1. The molecule has 0 aromatic carbocycles. The Hall–Kier alpha value is -1.36. The maximum atomic E-state index is 10.7. The summed E-state index contributed by atoms with van der Waals surface area (Å²) in [4.78, 5) is 19.9. The van der Waals surface area contributed by atoms with Gasteiger partial charge in [0.1, 0.15) is 12.7 Å². The van der Waals surface area contributed by atoms with Gasteiger partial charge in [-0.2, -0.15) is 0 Å². The van der Waals surface area contributed by atoms with Crippen molar-refractivity contribution in [3.05, 3.63) is 12.2 Å². The van der Waals surface area contributed by atoms with E-state index in [0.717, 1.165) is 0 Å². The highest BCUT2D eigenvalue weighted by molar-refractivity contribution is 5.86. The monoisotopic (exact) mass is 201 g/mol. The van der Waals surface area contributed by atoms with Crippen molar-refractivity contribution in [2.75, 3.05) is 13.2 Å². The number of primary amides is 1. The average Bonchev–Trinajstić information content (AvgIpc) is 2.81. The Balaban J connectivity index is 0.000000364. The molecule has 1 unspecified atom stereocenters. The number of carbonyl (C=O) groups is 2. The van der Waals surface area contributed by atoms with E-state index in [4.69, 9.17) is 9.47 Å². The van der Waals surface area contributed by atoms with E-state index >= 15 is 0 Å². The van der Waals surface area contributed by atoms with Crippen molar-refractivity contribution in [3.63, 3.8) is 0 Å². The maximum Gasteiger partial charge on any atom is 0.333 e. The third-order valence-corrected chi connectivity index (χ3v) is 1.15. The van der Waals surface area contributed by atoms with Gasteiger partial charge in [0.05, 0.1) is 6.61 Å². The zero-order valence-electron chi connectivity index (χ0n) is 8.41. The minimum atomic E-state index is -0.337. The molecule has 1 aliphatic rings. The molecule has 1 aliphatic heterocycles. The summed E-state index contributed by atoms with van der Waals surface area (Å²) in [5.41, 5.74) is 4.90. The van der Waals surface area contributed by atoms with Crippen LogP contribution in [0, 0.1) is 0 Å². The van der Waals surface area contributed by atoms with Gasteiger partial charge in [-0.25, -0.2) is 4.79 Å². The van der Waals surface area contributed by atoms with E-state index in [2.05, 4.69) is 12.3 Å². The van der Waals surface area contributed by atoms with Crippen LogP contribution in [0.4, 0.5) is 0 Å². The van der Waals surface area contributed by atoms with Gasteiger partial charge in [-0.15, -0.1) is 0 Å². The zero-order chi connectivity index (χ0) is 11.1. The summed E-state index contributed by atoms with van der Waals surface area (Å²) >= 11 is 0. The van der Waals surface area contributed by atoms with Gasteiger partial charge in [-0.05, 0) is 6.92 Å². The average molecular weight is 201 g/mol. The van der Waals surface area contributed by atoms with Crippen LogP contribution < -0.4 is 5.73 Å². The summed E-state index contributed by atoms with van der Waals surface area (Å²) in [5, 5.41) is 0. The number of nitrogens with two attached hydrogens (primary N) is 1. The second-order valence-electron chi connectivity index (χ2n) is 2.94. The number of hydrogen-bond acceptors (Lipinski definition) is 4. The summed E-state index contributed by atoms with van der Waals surface area (Å²) in [6.07, 6.45) is 0.142. The van der Waals surface area contributed by atoms with Crippen molar-refractivity contribution >= 4 is 11.9 Å². The quantitative estimate of drug-likeness (QED) is 0.395. The van der Waals surface area contributed by atoms with E-state index in [1.165, 1.54) is 6.92 Å². The van der Waals surface area contributed by atoms with E-state index in [1.807, 2.05) is 0 Å². The summed E-state index contributed by atoms with van der Waals surface area (Å²) in [6.45, 7) is 7.44. The number of carbonyl (C=O) groups excluding carboxylic acids is 2. The first-order chi connectivity index (χ1) is 6.43. The third-order valence-electron chi connectivity index (χ3n) is 1.15. The lowest BCUT2D eigenvalue weighted by molar-refractivity contribution is -0.139. The molecular weight excluding hydrogens is 186 g/mol. The maximum absolute atomic E-state index is 10.7. The highest BCUT2D eigenvalue weighted by atomic mass is 16.6. The molecular formula is C9H15NO4. The van der Waals surface area contributed by atoms with Gasteiger partial charge in [0.2, 0.25) is 5.91 Å². The first kappa shape index (κ1) is 12.6. The molecule has 0 radical (unpaired) electrons. The highest BCUT2D eigenvalue weighted by Crippen LogP contribution is 2.09. The van der Waals surface area contributed by atoms with Gasteiger partial charge in [0, 0.05) is 12.5 Å². The van der Waals surface area contributed by atoms with Gasteiger partial charge in [-0.1, -0.05) is 6.58 Å². The SMILES string of the molecule is C=C(C)C(=O)OCC1CO1.CC(N)=O. The molecule has 5 nitrogen and oxygen atoms in total. The molecule has 1 fully saturated rings. The van der Waals surface area contributed by atoms with Crippen LogP contribution in [0.2, 0.25) is 0 Å². The molecule has 1 atom stereocenters. The molecule has 0 saturated carbocycles. The minimum absolute atomic E-state index is 0.142. The van der Waals surface area contributed by atoms with Crippen LogP contribution in [-0.4, -0.2) is 31.2 Å². The molecule has 1 rings (SSSR count). The molecule has 0 aromatic heterocycles. The smallest absolute Gasteiger partial charge is 0.333 e. The number of amides is 1. The first-order valence-electron chi connectivity index (χ1n) is 4.13. The molecule has 1 heterocycles. The lowest BCUT2D eigenvalue weighted by atomic mass is 10.4. The summed E-state index contributed by atoms with van der Waals surface area (Å²) < 4.78 is 9.60. The van der Waals surface area contributed by atoms with Crippen LogP contribution in [0.1, 0.15) is 13.8 Å². The minimum Gasteiger partial charge on any atom is -0.459 e. The van der Waals surface area contributed by atoms with Crippen molar-refractivity contribution in [2.24, 2.45) is 5.73 Å². The third kappa shape index (κ3) is 8.73. The lowest BCUT2D eigenvalue weighted by Crippen LogP contribution is -2.09. The Labute approximate surface area is 82.9 Å². The Kier molecular flexibility index (Phi) is 5.55. The van der Waals surface area contributed by atoms with Crippen LogP contribution in [-0.2, 0) is 19.1 Å². The number of rotatable bonds is 3.